The minimum absolute atomic E-state index is 0.0543. The number of fused-ring (bicyclic) bond motifs is 1. The number of aromatic nitrogens is 1. The lowest BCUT2D eigenvalue weighted by Crippen LogP contribution is -2.40. The molecular weight excluding hydrogens is 616 g/mol. The lowest BCUT2D eigenvalue weighted by atomic mass is 9.93. The summed E-state index contributed by atoms with van der Waals surface area (Å²) in [6.07, 6.45) is 3.74. The van der Waals surface area contributed by atoms with Gasteiger partial charge in [-0.25, -0.2) is 9.79 Å². The Labute approximate surface area is 276 Å². The lowest BCUT2D eigenvalue weighted by Gasteiger charge is -2.33. The first-order valence-electron chi connectivity index (χ1n) is 15.8. The molecule has 11 heteroatoms. The molecule has 0 aliphatic carbocycles. The van der Waals surface area contributed by atoms with E-state index in [4.69, 9.17) is 14.5 Å². The van der Waals surface area contributed by atoms with E-state index >= 15 is 0 Å². The van der Waals surface area contributed by atoms with E-state index in [0.29, 0.717) is 50.0 Å². The summed E-state index contributed by atoms with van der Waals surface area (Å²) in [5.74, 6) is 0.703. The van der Waals surface area contributed by atoms with Crippen LogP contribution in [0.1, 0.15) is 56.3 Å². The van der Waals surface area contributed by atoms with E-state index in [9.17, 15) is 19.7 Å². The highest BCUT2D eigenvalue weighted by atomic mass is 32.1. The number of carbonyl (C=O) groups is 1. The highest BCUT2D eigenvalue weighted by Gasteiger charge is 2.35. The Kier molecular flexibility index (Phi) is 9.35. The van der Waals surface area contributed by atoms with E-state index in [2.05, 4.69) is 11.8 Å². The number of rotatable bonds is 9. The quantitative estimate of drug-likeness (QED) is 0.134. The first kappa shape index (κ1) is 31.9. The number of nitro groups is 1. The van der Waals surface area contributed by atoms with Gasteiger partial charge in [-0.2, -0.15) is 0 Å². The van der Waals surface area contributed by atoms with E-state index in [1.54, 1.807) is 19.1 Å². The molecule has 1 aromatic heterocycles. The van der Waals surface area contributed by atoms with Crippen LogP contribution in [0.5, 0.6) is 5.75 Å². The van der Waals surface area contributed by atoms with Crippen molar-refractivity contribution in [3.63, 3.8) is 0 Å². The lowest BCUT2D eigenvalue weighted by molar-refractivity contribution is -0.384. The molecule has 3 heterocycles. The van der Waals surface area contributed by atoms with Crippen LogP contribution in [0.3, 0.4) is 0 Å². The Balaban J connectivity index is 1.59. The van der Waals surface area contributed by atoms with Gasteiger partial charge < -0.3 is 14.4 Å². The molecule has 4 aromatic rings. The second-order valence-electron chi connectivity index (χ2n) is 11.6. The molecule has 0 radical (unpaired) electrons. The number of hydrogen-bond acceptors (Lipinski definition) is 9. The maximum Gasteiger partial charge on any atom is 0.338 e. The monoisotopic (exact) mass is 652 g/mol. The number of anilines is 1. The van der Waals surface area contributed by atoms with Gasteiger partial charge in [0.15, 0.2) is 4.80 Å². The highest BCUT2D eigenvalue weighted by Crippen LogP contribution is 2.36. The molecule has 242 valence electrons. The number of piperidine rings is 1. The number of esters is 1. The maximum absolute atomic E-state index is 14.4. The summed E-state index contributed by atoms with van der Waals surface area (Å²) in [4.78, 5) is 47.1. The normalized spacial score (nSPS) is 16.9. The number of carbonyl (C=O) groups excluding carboxylic acids is 1. The van der Waals surface area contributed by atoms with Crippen molar-refractivity contribution in [2.45, 2.75) is 39.7 Å². The molecule has 1 saturated heterocycles. The summed E-state index contributed by atoms with van der Waals surface area (Å²) in [7, 11) is 0. The second kappa shape index (κ2) is 13.8. The van der Waals surface area contributed by atoms with E-state index in [1.165, 1.54) is 28.0 Å². The predicted molar refractivity (Wildman–Crippen MR) is 182 cm³/mol. The third kappa shape index (κ3) is 6.48. The second-order valence-corrected chi connectivity index (χ2v) is 12.6. The Morgan fingerprint density at radius 3 is 2.43 bits per heavy atom. The van der Waals surface area contributed by atoms with E-state index < -0.39 is 16.9 Å². The molecule has 1 atom stereocenters. The van der Waals surface area contributed by atoms with Crippen molar-refractivity contribution in [1.82, 2.24) is 4.57 Å². The minimum Gasteiger partial charge on any atom is -0.494 e. The van der Waals surface area contributed by atoms with Crippen LogP contribution in [0.15, 0.2) is 88.2 Å². The molecule has 0 unspecified atom stereocenters. The molecule has 3 aromatic carbocycles. The SMILES string of the molecule is CCOC(=O)C1=C(c2ccccc2)N=c2s/c(=C\c3cc([N+](=O)[O-])ccc3N3CCC(C)CC3)c(=O)n2[C@H]1c1ccc(OCC)cc1. The summed E-state index contributed by atoms with van der Waals surface area (Å²) >= 11 is 1.19. The van der Waals surface area contributed by atoms with Crippen molar-refractivity contribution in [2.24, 2.45) is 10.9 Å². The van der Waals surface area contributed by atoms with Crippen LogP contribution in [0.4, 0.5) is 11.4 Å². The van der Waals surface area contributed by atoms with E-state index in [-0.39, 0.29) is 23.4 Å². The maximum atomic E-state index is 14.4. The van der Waals surface area contributed by atoms with Gasteiger partial charge in [0.05, 0.1) is 40.0 Å². The third-order valence-corrected chi connectivity index (χ3v) is 9.50. The number of ether oxygens (including phenoxy) is 2. The van der Waals surface area contributed by atoms with Crippen LogP contribution in [-0.4, -0.2) is 41.8 Å². The first-order valence-corrected chi connectivity index (χ1v) is 16.6. The zero-order valence-electron chi connectivity index (χ0n) is 26.5. The summed E-state index contributed by atoms with van der Waals surface area (Å²) in [5, 5.41) is 11.8. The van der Waals surface area contributed by atoms with Crippen LogP contribution in [-0.2, 0) is 9.53 Å². The molecule has 0 spiro atoms. The number of nitrogens with zero attached hydrogens (tertiary/aromatic N) is 4. The fraction of sp³-hybridized carbons (Fsp3) is 0.306. The fourth-order valence-corrected chi connectivity index (χ4v) is 7.11. The smallest absolute Gasteiger partial charge is 0.338 e. The number of thiazole rings is 1. The molecule has 0 saturated carbocycles. The van der Waals surface area contributed by atoms with Gasteiger partial charge in [-0.15, -0.1) is 0 Å². The number of non-ortho nitro benzene ring substituents is 1. The standard InChI is InChI=1S/C36H36N4O6S/c1-4-45-28-14-11-25(12-15-28)33-31(35(42)46-5-2)32(24-9-7-6-8-10-24)37-36-39(33)34(41)30(47-36)22-26-21-27(40(43)44)13-16-29(26)38-19-17-23(3)18-20-38/h6-16,21-23,33H,4-5,17-20H2,1-3H3/b30-22-/t33-/m0/s1. The molecule has 0 N–H and O–H groups in total. The Morgan fingerprint density at radius 1 is 1.04 bits per heavy atom. The molecule has 6 rings (SSSR count). The molecule has 1 fully saturated rings. The predicted octanol–water partition coefficient (Wildman–Crippen LogP) is 5.48. The zero-order chi connectivity index (χ0) is 33.1. The van der Waals surface area contributed by atoms with Crippen molar-refractivity contribution in [1.29, 1.82) is 0 Å². The molecular formula is C36H36N4O6S. The van der Waals surface area contributed by atoms with E-state index in [0.717, 1.165) is 31.6 Å². The number of hydrogen-bond donors (Lipinski definition) is 0. The van der Waals surface area contributed by atoms with Gasteiger partial charge in [-0.3, -0.25) is 19.5 Å². The van der Waals surface area contributed by atoms with Gasteiger partial charge in [-0.1, -0.05) is 60.7 Å². The fourth-order valence-electron chi connectivity index (χ4n) is 6.12. The van der Waals surface area contributed by atoms with E-state index in [1.807, 2.05) is 61.5 Å². The van der Waals surface area contributed by atoms with Crippen molar-refractivity contribution in [2.75, 3.05) is 31.2 Å². The van der Waals surface area contributed by atoms with Crippen LogP contribution in [0.25, 0.3) is 11.8 Å². The van der Waals surface area contributed by atoms with Gasteiger partial charge >= 0.3 is 5.97 Å². The van der Waals surface area contributed by atoms with Crippen molar-refractivity contribution in [3.8, 4) is 5.75 Å². The summed E-state index contributed by atoms with van der Waals surface area (Å²) in [6.45, 7) is 8.15. The Hall–Kier alpha value is -5.03. The van der Waals surface area contributed by atoms with Crippen LogP contribution < -0.4 is 24.5 Å². The molecule has 10 nitrogen and oxygen atoms in total. The molecule has 47 heavy (non-hydrogen) atoms. The van der Waals surface area contributed by atoms with Crippen LogP contribution in [0, 0.1) is 16.0 Å². The first-order chi connectivity index (χ1) is 22.8. The topological polar surface area (TPSA) is 116 Å². The summed E-state index contributed by atoms with van der Waals surface area (Å²) in [6, 6.07) is 20.6. The Morgan fingerprint density at radius 2 is 1.77 bits per heavy atom. The number of nitro benzene ring substituents is 1. The molecule has 0 bridgehead atoms. The van der Waals surface area contributed by atoms with Crippen molar-refractivity contribution in [3.05, 3.63) is 125 Å². The van der Waals surface area contributed by atoms with Gasteiger partial charge in [0, 0.05) is 42.0 Å². The molecule has 2 aliphatic heterocycles. The third-order valence-electron chi connectivity index (χ3n) is 8.51. The average molecular weight is 653 g/mol. The van der Waals surface area contributed by atoms with Gasteiger partial charge in [-0.05, 0) is 62.4 Å². The Bertz CT molecular complexity index is 2010. The molecule has 0 amide bonds. The van der Waals surface area contributed by atoms with Crippen molar-refractivity contribution >= 4 is 40.5 Å². The van der Waals surface area contributed by atoms with Gasteiger partial charge in [0.25, 0.3) is 11.2 Å². The van der Waals surface area contributed by atoms with Gasteiger partial charge in [0.1, 0.15) is 5.75 Å². The van der Waals surface area contributed by atoms with Crippen LogP contribution >= 0.6 is 11.3 Å². The zero-order valence-corrected chi connectivity index (χ0v) is 27.4. The van der Waals surface area contributed by atoms with Gasteiger partial charge in [0.2, 0.25) is 0 Å². The minimum atomic E-state index is -0.841. The van der Waals surface area contributed by atoms with Crippen molar-refractivity contribution < 1.29 is 19.2 Å². The summed E-state index contributed by atoms with van der Waals surface area (Å²) in [5.41, 5.74) is 3.09. The molecule has 2 aliphatic rings. The summed E-state index contributed by atoms with van der Waals surface area (Å²) < 4.78 is 13.1. The largest absolute Gasteiger partial charge is 0.494 e. The average Bonchev–Trinajstić information content (AvgIpc) is 3.39. The number of benzene rings is 3. The van der Waals surface area contributed by atoms with Crippen LogP contribution in [0.2, 0.25) is 0 Å². The highest BCUT2D eigenvalue weighted by molar-refractivity contribution is 7.07.